The van der Waals surface area contributed by atoms with Gasteiger partial charge in [0.25, 0.3) is 0 Å². The first-order valence-electron chi connectivity index (χ1n) is 8.82. The second-order valence-electron chi connectivity index (χ2n) is 7.36. The molecule has 21 heavy (non-hydrogen) atoms. The molecule has 0 amide bonds. The molecule has 2 aliphatic rings. The quantitative estimate of drug-likeness (QED) is 0.737. The van der Waals surface area contributed by atoms with Gasteiger partial charge in [0.05, 0.1) is 19.3 Å². The van der Waals surface area contributed by atoms with E-state index in [9.17, 15) is 5.11 Å². The van der Waals surface area contributed by atoms with E-state index < -0.39 is 0 Å². The van der Waals surface area contributed by atoms with Gasteiger partial charge in [-0.1, -0.05) is 39.5 Å². The van der Waals surface area contributed by atoms with Gasteiger partial charge in [0.15, 0.2) is 0 Å². The van der Waals surface area contributed by atoms with Gasteiger partial charge in [-0.05, 0) is 18.3 Å². The highest BCUT2D eigenvalue weighted by molar-refractivity contribution is 4.88. The molecule has 1 heterocycles. The number of rotatable bonds is 6. The van der Waals surface area contributed by atoms with Gasteiger partial charge >= 0.3 is 0 Å². The summed E-state index contributed by atoms with van der Waals surface area (Å²) in [6.45, 7) is 9.58. The van der Waals surface area contributed by atoms with Crippen LogP contribution in [0.15, 0.2) is 0 Å². The van der Waals surface area contributed by atoms with Crippen molar-refractivity contribution in [1.29, 1.82) is 0 Å². The molecular formula is C17H34N2O2. The molecule has 0 bridgehead atoms. The van der Waals surface area contributed by atoms with Crippen molar-refractivity contribution in [2.75, 3.05) is 39.4 Å². The molecule has 1 saturated heterocycles. The molecule has 0 radical (unpaired) electrons. The Hall–Kier alpha value is -0.160. The molecule has 2 fully saturated rings. The highest BCUT2D eigenvalue weighted by atomic mass is 16.5. The van der Waals surface area contributed by atoms with Gasteiger partial charge in [-0.2, -0.15) is 0 Å². The fourth-order valence-corrected chi connectivity index (χ4v) is 3.80. The zero-order valence-corrected chi connectivity index (χ0v) is 13.9. The minimum atomic E-state index is 0.0136. The highest BCUT2D eigenvalue weighted by Gasteiger charge is 2.34. The predicted molar refractivity (Wildman–Crippen MR) is 86.5 cm³/mol. The van der Waals surface area contributed by atoms with Gasteiger partial charge in [-0.15, -0.1) is 0 Å². The number of morpholine rings is 1. The van der Waals surface area contributed by atoms with Crippen LogP contribution in [0.25, 0.3) is 0 Å². The number of ether oxygens (including phenoxy) is 1. The van der Waals surface area contributed by atoms with Crippen LogP contribution in [0.1, 0.15) is 52.4 Å². The first-order valence-corrected chi connectivity index (χ1v) is 8.82. The molecule has 1 aliphatic carbocycles. The zero-order valence-electron chi connectivity index (χ0n) is 13.9. The lowest BCUT2D eigenvalue weighted by Gasteiger charge is -2.41. The lowest BCUT2D eigenvalue weighted by molar-refractivity contribution is -0.0639. The summed E-state index contributed by atoms with van der Waals surface area (Å²) in [5, 5.41) is 13.0. The topological polar surface area (TPSA) is 44.7 Å². The summed E-state index contributed by atoms with van der Waals surface area (Å²) in [5.41, 5.74) is 0.415. The fraction of sp³-hybridized carbons (Fsp3) is 1.00. The Morgan fingerprint density at radius 2 is 1.95 bits per heavy atom. The number of nitrogens with zero attached hydrogens (tertiary/aromatic N) is 1. The molecule has 0 aromatic rings. The van der Waals surface area contributed by atoms with E-state index in [0.29, 0.717) is 11.5 Å². The summed E-state index contributed by atoms with van der Waals surface area (Å²) < 4.78 is 5.60. The monoisotopic (exact) mass is 298 g/mol. The summed E-state index contributed by atoms with van der Waals surface area (Å²) in [7, 11) is 0. The smallest absolute Gasteiger partial charge is 0.0932 e. The van der Waals surface area contributed by atoms with Crippen LogP contribution >= 0.6 is 0 Å². The van der Waals surface area contributed by atoms with E-state index in [4.69, 9.17) is 4.74 Å². The third-order valence-electron chi connectivity index (χ3n) is 5.04. The van der Waals surface area contributed by atoms with Crippen molar-refractivity contribution in [3.63, 3.8) is 0 Å². The molecule has 4 heteroatoms. The summed E-state index contributed by atoms with van der Waals surface area (Å²) in [5.74, 6) is 0. The first kappa shape index (κ1) is 17.2. The van der Waals surface area contributed by atoms with Crippen LogP contribution in [0.2, 0.25) is 0 Å². The van der Waals surface area contributed by atoms with Gasteiger partial charge < -0.3 is 15.2 Å². The molecule has 1 aliphatic heterocycles. The molecule has 1 unspecified atom stereocenters. The van der Waals surface area contributed by atoms with E-state index >= 15 is 0 Å². The van der Waals surface area contributed by atoms with E-state index in [0.717, 1.165) is 32.8 Å². The first-order chi connectivity index (χ1) is 10.1. The Balaban J connectivity index is 1.96. The van der Waals surface area contributed by atoms with Crippen LogP contribution < -0.4 is 5.32 Å². The Bertz CT molecular complexity index is 289. The normalized spacial score (nSPS) is 27.7. The summed E-state index contributed by atoms with van der Waals surface area (Å²) >= 11 is 0. The molecule has 1 saturated carbocycles. The lowest BCUT2D eigenvalue weighted by atomic mass is 9.79. The van der Waals surface area contributed by atoms with Gasteiger partial charge in [0.1, 0.15) is 0 Å². The zero-order chi connectivity index (χ0) is 15.1. The van der Waals surface area contributed by atoms with E-state index in [1.54, 1.807) is 0 Å². The number of nitrogens with one attached hydrogen (secondary N) is 1. The second kappa shape index (κ2) is 8.47. The minimum Gasteiger partial charge on any atom is -0.394 e. The van der Waals surface area contributed by atoms with Crippen LogP contribution in [-0.2, 0) is 4.74 Å². The van der Waals surface area contributed by atoms with Gasteiger partial charge in [-0.3, -0.25) is 4.90 Å². The van der Waals surface area contributed by atoms with Crippen molar-refractivity contribution in [2.24, 2.45) is 5.41 Å². The van der Waals surface area contributed by atoms with Crippen molar-refractivity contribution in [1.82, 2.24) is 10.2 Å². The number of hydrogen-bond acceptors (Lipinski definition) is 4. The number of aliphatic hydroxyl groups excluding tert-OH is 1. The summed E-state index contributed by atoms with van der Waals surface area (Å²) in [6, 6.07) is 0.556. The van der Waals surface area contributed by atoms with Crippen molar-refractivity contribution >= 4 is 0 Å². The second-order valence-corrected chi connectivity index (χ2v) is 7.36. The van der Waals surface area contributed by atoms with Crippen LogP contribution in [0.4, 0.5) is 0 Å². The predicted octanol–water partition coefficient (Wildman–Crippen LogP) is 2.02. The largest absolute Gasteiger partial charge is 0.394 e. The Morgan fingerprint density at radius 1 is 1.24 bits per heavy atom. The number of hydrogen-bond donors (Lipinski definition) is 2. The maximum absolute atomic E-state index is 9.34. The van der Waals surface area contributed by atoms with Crippen LogP contribution in [0.3, 0.4) is 0 Å². The molecule has 0 spiro atoms. The highest BCUT2D eigenvalue weighted by Crippen LogP contribution is 2.36. The molecule has 0 aromatic heterocycles. The van der Waals surface area contributed by atoms with Crippen LogP contribution in [0.5, 0.6) is 0 Å². The average Bonchev–Trinajstić information content (AvgIpc) is 2.71. The number of aliphatic hydroxyl groups is 1. The SMILES string of the molecule is CC(C)NCC1(CN2CCOC(CO)C2)CCCCCC1. The Morgan fingerprint density at radius 3 is 2.57 bits per heavy atom. The molecule has 1 atom stereocenters. The van der Waals surface area contributed by atoms with Crippen molar-refractivity contribution < 1.29 is 9.84 Å². The van der Waals surface area contributed by atoms with Crippen LogP contribution in [-0.4, -0.2) is 61.5 Å². The molecule has 0 aromatic carbocycles. The molecule has 2 N–H and O–H groups in total. The Labute approximate surface area is 130 Å². The van der Waals surface area contributed by atoms with Crippen molar-refractivity contribution in [3.8, 4) is 0 Å². The van der Waals surface area contributed by atoms with Gasteiger partial charge in [0, 0.05) is 32.2 Å². The van der Waals surface area contributed by atoms with E-state index in [1.165, 1.54) is 38.5 Å². The van der Waals surface area contributed by atoms with E-state index in [1.807, 2.05) is 0 Å². The average molecular weight is 298 g/mol. The van der Waals surface area contributed by atoms with Crippen molar-refractivity contribution in [3.05, 3.63) is 0 Å². The van der Waals surface area contributed by atoms with Crippen molar-refractivity contribution in [2.45, 2.75) is 64.5 Å². The molecule has 124 valence electrons. The van der Waals surface area contributed by atoms with Crippen LogP contribution in [0, 0.1) is 5.41 Å². The maximum atomic E-state index is 9.34. The molecular weight excluding hydrogens is 264 g/mol. The third kappa shape index (κ3) is 5.51. The lowest BCUT2D eigenvalue weighted by Crippen LogP contribution is -2.51. The van der Waals surface area contributed by atoms with Gasteiger partial charge in [0.2, 0.25) is 0 Å². The minimum absolute atomic E-state index is 0.0136. The third-order valence-corrected chi connectivity index (χ3v) is 5.04. The summed E-state index contributed by atoms with van der Waals surface area (Å²) in [6.07, 6.45) is 8.22. The van der Waals surface area contributed by atoms with E-state index in [-0.39, 0.29) is 12.7 Å². The van der Waals surface area contributed by atoms with E-state index in [2.05, 4.69) is 24.1 Å². The summed E-state index contributed by atoms with van der Waals surface area (Å²) in [4.78, 5) is 2.53. The Kier molecular flexibility index (Phi) is 6.93. The van der Waals surface area contributed by atoms with Gasteiger partial charge in [-0.25, -0.2) is 0 Å². The fourth-order valence-electron chi connectivity index (χ4n) is 3.80. The molecule has 4 nitrogen and oxygen atoms in total. The standard InChI is InChI=1S/C17H34N2O2/c1-15(2)18-13-17(7-5-3-4-6-8-17)14-19-9-10-21-16(11-19)12-20/h15-16,18,20H,3-14H2,1-2H3. The maximum Gasteiger partial charge on any atom is 0.0932 e. The molecule has 2 rings (SSSR count).